The van der Waals surface area contributed by atoms with E-state index >= 15 is 0 Å². The predicted molar refractivity (Wildman–Crippen MR) is 143 cm³/mol. The van der Waals surface area contributed by atoms with Gasteiger partial charge in [0.1, 0.15) is 0 Å². The predicted octanol–water partition coefficient (Wildman–Crippen LogP) is 3.41. The second kappa shape index (κ2) is 13.1. The van der Waals surface area contributed by atoms with Gasteiger partial charge in [-0.15, -0.1) is 24.0 Å². The number of nitrogens with one attached hydrogen (secondary N) is 1. The molecule has 6 nitrogen and oxygen atoms in total. The van der Waals surface area contributed by atoms with Crippen molar-refractivity contribution in [3.63, 3.8) is 0 Å². The molecule has 3 fully saturated rings. The van der Waals surface area contributed by atoms with Gasteiger partial charge in [-0.25, -0.2) is 4.99 Å². The van der Waals surface area contributed by atoms with Gasteiger partial charge in [0.05, 0.1) is 19.8 Å². The van der Waals surface area contributed by atoms with Crippen LogP contribution in [-0.4, -0.2) is 85.7 Å². The summed E-state index contributed by atoms with van der Waals surface area (Å²) in [5.41, 5.74) is 2.71. The summed E-state index contributed by atoms with van der Waals surface area (Å²) in [6.45, 7) is 15.8. The largest absolute Gasteiger partial charge is 0.379 e. The molecular formula is C25H42IN5O. The molecule has 0 bridgehead atoms. The first-order chi connectivity index (χ1) is 15.2. The Hall–Kier alpha value is -0.900. The lowest BCUT2D eigenvalue weighted by molar-refractivity contribution is 0.0195. The summed E-state index contributed by atoms with van der Waals surface area (Å²) in [6.07, 6.45) is 3.93. The van der Waals surface area contributed by atoms with Gasteiger partial charge in [-0.3, -0.25) is 9.80 Å². The number of benzene rings is 1. The van der Waals surface area contributed by atoms with E-state index in [1.165, 1.54) is 43.5 Å². The number of halogens is 1. The number of piperidine rings is 1. The van der Waals surface area contributed by atoms with Crippen molar-refractivity contribution < 1.29 is 4.74 Å². The van der Waals surface area contributed by atoms with E-state index in [0.717, 1.165) is 70.9 Å². The minimum atomic E-state index is 0. The molecule has 0 amide bonds. The van der Waals surface area contributed by atoms with Crippen LogP contribution in [-0.2, 0) is 17.8 Å². The van der Waals surface area contributed by atoms with E-state index in [2.05, 4.69) is 58.1 Å². The van der Waals surface area contributed by atoms with Crippen LogP contribution >= 0.6 is 24.0 Å². The molecule has 2 unspecified atom stereocenters. The highest BCUT2D eigenvalue weighted by atomic mass is 127. The van der Waals surface area contributed by atoms with Gasteiger partial charge < -0.3 is 15.0 Å². The highest BCUT2D eigenvalue weighted by molar-refractivity contribution is 14.0. The van der Waals surface area contributed by atoms with Gasteiger partial charge >= 0.3 is 0 Å². The molecule has 3 saturated heterocycles. The molecule has 7 heteroatoms. The second-order valence-electron chi connectivity index (χ2n) is 9.51. The zero-order valence-corrected chi connectivity index (χ0v) is 22.3. The van der Waals surface area contributed by atoms with Crippen LogP contribution in [0, 0.1) is 5.92 Å². The molecule has 4 rings (SSSR count). The molecule has 180 valence electrons. The first kappa shape index (κ1) is 25.7. The highest BCUT2D eigenvalue weighted by Gasteiger charge is 2.30. The van der Waals surface area contributed by atoms with Crippen molar-refractivity contribution >= 4 is 29.9 Å². The molecular weight excluding hydrogens is 513 g/mol. The van der Waals surface area contributed by atoms with Gasteiger partial charge in [-0.2, -0.15) is 0 Å². The number of aliphatic imine (C=N–C) groups is 1. The molecule has 0 radical (unpaired) electrons. The van der Waals surface area contributed by atoms with E-state index in [0.29, 0.717) is 6.04 Å². The SMILES string of the molecule is CCNC(=NCc1ccc(CN2CCCC(C)C2)cc1)N1CCC(N2CCOCC2)C1.I. The summed E-state index contributed by atoms with van der Waals surface area (Å²) in [5.74, 6) is 1.89. The summed E-state index contributed by atoms with van der Waals surface area (Å²) < 4.78 is 5.52. The molecule has 32 heavy (non-hydrogen) atoms. The monoisotopic (exact) mass is 555 g/mol. The summed E-state index contributed by atoms with van der Waals surface area (Å²) >= 11 is 0. The van der Waals surface area contributed by atoms with Crippen molar-refractivity contribution in [3.8, 4) is 0 Å². The van der Waals surface area contributed by atoms with Crippen molar-refractivity contribution in [2.24, 2.45) is 10.9 Å². The third-order valence-corrected chi connectivity index (χ3v) is 6.94. The number of likely N-dealkylation sites (tertiary alicyclic amines) is 2. The molecule has 1 aromatic rings. The molecule has 1 aromatic carbocycles. The van der Waals surface area contributed by atoms with Crippen LogP contribution in [0.2, 0.25) is 0 Å². The van der Waals surface area contributed by atoms with Gasteiger partial charge in [-0.05, 0) is 49.8 Å². The lowest BCUT2D eigenvalue weighted by Gasteiger charge is -2.32. The van der Waals surface area contributed by atoms with Crippen LogP contribution in [0.1, 0.15) is 44.2 Å². The highest BCUT2D eigenvalue weighted by Crippen LogP contribution is 2.19. The van der Waals surface area contributed by atoms with Gasteiger partial charge in [0, 0.05) is 51.9 Å². The maximum atomic E-state index is 5.52. The van der Waals surface area contributed by atoms with Gasteiger partial charge in [0.25, 0.3) is 0 Å². The molecule has 0 saturated carbocycles. The Morgan fingerprint density at radius 1 is 1.03 bits per heavy atom. The quantitative estimate of drug-likeness (QED) is 0.331. The van der Waals surface area contributed by atoms with Gasteiger partial charge in [0.15, 0.2) is 5.96 Å². The lowest BCUT2D eigenvalue weighted by Crippen LogP contribution is -2.46. The van der Waals surface area contributed by atoms with E-state index in [9.17, 15) is 0 Å². The van der Waals surface area contributed by atoms with Crippen molar-refractivity contribution in [1.82, 2.24) is 20.0 Å². The zero-order chi connectivity index (χ0) is 21.5. The van der Waals surface area contributed by atoms with E-state index in [4.69, 9.17) is 9.73 Å². The van der Waals surface area contributed by atoms with Crippen molar-refractivity contribution in [1.29, 1.82) is 0 Å². The van der Waals surface area contributed by atoms with E-state index in [1.807, 2.05) is 0 Å². The lowest BCUT2D eigenvalue weighted by atomic mass is 9.99. The maximum Gasteiger partial charge on any atom is 0.194 e. The van der Waals surface area contributed by atoms with Crippen molar-refractivity contribution in [2.75, 3.05) is 59.0 Å². The van der Waals surface area contributed by atoms with Crippen LogP contribution in [0.15, 0.2) is 29.3 Å². The third kappa shape index (κ3) is 7.30. The number of hydrogen-bond donors (Lipinski definition) is 1. The number of rotatable bonds is 6. The molecule has 0 aromatic heterocycles. The Bertz CT molecular complexity index is 707. The normalized spacial score (nSPS) is 25.6. The van der Waals surface area contributed by atoms with Crippen molar-refractivity contribution in [2.45, 2.75) is 52.2 Å². The first-order valence-corrected chi connectivity index (χ1v) is 12.4. The molecule has 3 heterocycles. The van der Waals surface area contributed by atoms with Crippen LogP contribution in [0.5, 0.6) is 0 Å². The molecule has 1 N–H and O–H groups in total. The van der Waals surface area contributed by atoms with E-state index < -0.39 is 0 Å². The smallest absolute Gasteiger partial charge is 0.194 e. The van der Waals surface area contributed by atoms with Crippen LogP contribution in [0.3, 0.4) is 0 Å². The van der Waals surface area contributed by atoms with Crippen molar-refractivity contribution in [3.05, 3.63) is 35.4 Å². The van der Waals surface area contributed by atoms with Crippen LogP contribution in [0.4, 0.5) is 0 Å². The molecule has 2 atom stereocenters. The molecule has 0 spiro atoms. The summed E-state index contributed by atoms with van der Waals surface area (Å²) in [5, 5.41) is 3.51. The zero-order valence-electron chi connectivity index (χ0n) is 20.0. The maximum absolute atomic E-state index is 5.52. The van der Waals surface area contributed by atoms with Crippen LogP contribution < -0.4 is 5.32 Å². The fourth-order valence-corrected chi connectivity index (χ4v) is 5.21. The number of hydrogen-bond acceptors (Lipinski definition) is 4. The number of morpholine rings is 1. The Kier molecular flexibility index (Phi) is 10.5. The van der Waals surface area contributed by atoms with Gasteiger partial charge in [0.2, 0.25) is 0 Å². The topological polar surface area (TPSA) is 43.3 Å². The van der Waals surface area contributed by atoms with Gasteiger partial charge in [-0.1, -0.05) is 31.2 Å². The number of guanidine groups is 1. The Morgan fingerprint density at radius 2 is 1.78 bits per heavy atom. The number of ether oxygens (including phenoxy) is 1. The minimum absolute atomic E-state index is 0. The summed E-state index contributed by atoms with van der Waals surface area (Å²) in [7, 11) is 0. The molecule has 3 aliphatic rings. The first-order valence-electron chi connectivity index (χ1n) is 12.4. The fraction of sp³-hybridized carbons (Fsp3) is 0.720. The number of nitrogens with zero attached hydrogens (tertiary/aromatic N) is 4. The Balaban J connectivity index is 0.00000289. The van der Waals surface area contributed by atoms with E-state index in [-0.39, 0.29) is 24.0 Å². The summed E-state index contributed by atoms with van der Waals surface area (Å²) in [6, 6.07) is 9.74. The average Bonchev–Trinajstić information content (AvgIpc) is 3.28. The third-order valence-electron chi connectivity index (χ3n) is 6.94. The Labute approximate surface area is 211 Å². The summed E-state index contributed by atoms with van der Waals surface area (Å²) in [4.78, 5) is 12.6. The standard InChI is InChI=1S/C25H41N5O.HI/c1-3-26-25(30-12-10-24(20-30)29-13-15-31-16-14-29)27-17-22-6-8-23(9-7-22)19-28-11-4-5-21(2)18-28;/h6-9,21,24H,3-5,10-20H2,1-2H3,(H,26,27);1H. The minimum Gasteiger partial charge on any atom is -0.379 e. The fourth-order valence-electron chi connectivity index (χ4n) is 5.21. The molecule has 0 aliphatic carbocycles. The second-order valence-corrected chi connectivity index (χ2v) is 9.51. The average molecular weight is 556 g/mol. The van der Waals surface area contributed by atoms with E-state index in [1.54, 1.807) is 0 Å². The van der Waals surface area contributed by atoms with Crippen LogP contribution in [0.25, 0.3) is 0 Å². The Morgan fingerprint density at radius 3 is 2.50 bits per heavy atom. The molecule has 3 aliphatic heterocycles.